The number of nitrogens with zero attached hydrogens (tertiary/aromatic N) is 1. The van der Waals surface area contributed by atoms with Gasteiger partial charge >= 0.3 is 0 Å². The van der Waals surface area contributed by atoms with Crippen molar-refractivity contribution in [2.75, 3.05) is 23.7 Å². The first-order valence-electron chi connectivity index (χ1n) is 6.05. The Hall–Kier alpha value is -1.60. The van der Waals surface area contributed by atoms with Crippen LogP contribution in [0.1, 0.15) is 0 Å². The molecule has 0 radical (unpaired) electrons. The topological polar surface area (TPSA) is 49.4 Å². The van der Waals surface area contributed by atoms with Crippen molar-refractivity contribution < 1.29 is 12.8 Å². The van der Waals surface area contributed by atoms with E-state index in [9.17, 15) is 12.8 Å². The molecule has 0 aliphatic rings. The van der Waals surface area contributed by atoms with Crippen LogP contribution in [-0.2, 0) is 10.0 Å². The van der Waals surface area contributed by atoms with E-state index in [0.717, 1.165) is 11.8 Å². The first-order chi connectivity index (χ1) is 9.79. The molecule has 4 nitrogen and oxygen atoms in total. The standard InChI is InChI=1S/C14H14BrFN2O2S/c1-18(2)12-6-4-11(5-7-12)17-21(19,20)14-8-3-10(15)9-13(14)16/h3-9,17H,1-2H3. The van der Waals surface area contributed by atoms with Crippen molar-refractivity contribution in [3.63, 3.8) is 0 Å². The van der Waals surface area contributed by atoms with E-state index in [2.05, 4.69) is 20.7 Å². The first kappa shape index (κ1) is 15.8. The molecule has 7 heteroatoms. The number of sulfonamides is 1. The molecule has 0 amide bonds. The van der Waals surface area contributed by atoms with Gasteiger partial charge in [0.2, 0.25) is 0 Å². The zero-order valence-electron chi connectivity index (χ0n) is 11.5. The molecule has 1 N–H and O–H groups in total. The fourth-order valence-corrected chi connectivity index (χ4v) is 3.18. The van der Waals surface area contributed by atoms with Crippen molar-refractivity contribution in [3.05, 3.63) is 52.8 Å². The van der Waals surface area contributed by atoms with Crippen LogP contribution in [-0.4, -0.2) is 22.5 Å². The van der Waals surface area contributed by atoms with E-state index in [1.807, 2.05) is 19.0 Å². The van der Waals surface area contributed by atoms with Crippen LogP contribution in [0.25, 0.3) is 0 Å². The lowest BCUT2D eigenvalue weighted by molar-refractivity contribution is 0.570. The van der Waals surface area contributed by atoms with Crippen LogP contribution >= 0.6 is 15.9 Å². The second-order valence-corrected chi connectivity index (χ2v) is 7.19. The number of halogens is 2. The van der Waals surface area contributed by atoms with E-state index < -0.39 is 15.8 Å². The first-order valence-corrected chi connectivity index (χ1v) is 8.32. The summed E-state index contributed by atoms with van der Waals surface area (Å²) in [5, 5.41) is 0. The number of hydrogen-bond acceptors (Lipinski definition) is 3. The molecule has 0 saturated carbocycles. The van der Waals surface area contributed by atoms with Gasteiger partial charge in [-0.15, -0.1) is 0 Å². The van der Waals surface area contributed by atoms with Crippen LogP contribution in [0.4, 0.5) is 15.8 Å². The van der Waals surface area contributed by atoms with Crippen LogP contribution in [0.15, 0.2) is 51.8 Å². The molecule has 21 heavy (non-hydrogen) atoms. The molecule has 0 aromatic heterocycles. The van der Waals surface area contributed by atoms with Gasteiger partial charge in [-0.25, -0.2) is 12.8 Å². The van der Waals surface area contributed by atoms with Crippen molar-refractivity contribution in [1.82, 2.24) is 0 Å². The highest BCUT2D eigenvalue weighted by Gasteiger charge is 2.19. The smallest absolute Gasteiger partial charge is 0.264 e. The zero-order valence-corrected chi connectivity index (χ0v) is 13.9. The number of rotatable bonds is 4. The van der Waals surface area contributed by atoms with Gasteiger partial charge < -0.3 is 4.90 Å². The summed E-state index contributed by atoms with van der Waals surface area (Å²) in [7, 11) is -0.183. The fourth-order valence-electron chi connectivity index (χ4n) is 1.73. The summed E-state index contributed by atoms with van der Waals surface area (Å²) >= 11 is 3.09. The van der Waals surface area contributed by atoms with Crippen molar-refractivity contribution in [3.8, 4) is 0 Å². The van der Waals surface area contributed by atoms with E-state index in [1.54, 1.807) is 24.3 Å². The summed E-state index contributed by atoms with van der Waals surface area (Å²) in [6, 6.07) is 10.6. The summed E-state index contributed by atoms with van der Waals surface area (Å²) in [6.07, 6.45) is 0. The third-order valence-corrected chi connectivity index (χ3v) is 4.73. The molecule has 2 aromatic carbocycles. The maximum atomic E-state index is 13.8. The second kappa shape index (κ2) is 6.03. The van der Waals surface area contributed by atoms with E-state index >= 15 is 0 Å². The van der Waals surface area contributed by atoms with Gasteiger partial charge in [0, 0.05) is 29.9 Å². The normalized spacial score (nSPS) is 11.2. The average molecular weight is 373 g/mol. The molecule has 0 spiro atoms. The lowest BCUT2D eigenvalue weighted by Gasteiger charge is -2.13. The number of hydrogen-bond donors (Lipinski definition) is 1. The van der Waals surface area contributed by atoms with Crippen molar-refractivity contribution >= 4 is 37.3 Å². The Morgan fingerprint density at radius 1 is 1.10 bits per heavy atom. The Bertz CT molecular complexity index is 746. The molecular weight excluding hydrogens is 359 g/mol. The molecular formula is C14H14BrFN2O2S. The molecule has 0 bridgehead atoms. The van der Waals surface area contributed by atoms with E-state index in [0.29, 0.717) is 10.2 Å². The maximum absolute atomic E-state index is 13.8. The minimum atomic E-state index is -3.95. The van der Waals surface area contributed by atoms with E-state index in [1.165, 1.54) is 12.1 Å². The van der Waals surface area contributed by atoms with Gasteiger partial charge in [0.25, 0.3) is 10.0 Å². The van der Waals surface area contributed by atoms with Gasteiger partial charge in [-0.1, -0.05) is 15.9 Å². The van der Waals surface area contributed by atoms with Crippen LogP contribution in [0.3, 0.4) is 0 Å². The minimum Gasteiger partial charge on any atom is -0.378 e. The van der Waals surface area contributed by atoms with Crippen molar-refractivity contribution in [2.45, 2.75) is 4.90 Å². The molecule has 0 atom stereocenters. The predicted molar refractivity (Wildman–Crippen MR) is 85.7 cm³/mol. The summed E-state index contributed by atoms with van der Waals surface area (Å²) in [6.45, 7) is 0. The molecule has 0 heterocycles. The minimum absolute atomic E-state index is 0.378. The van der Waals surface area contributed by atoms with Crippen LogP contribution in [0, 0.1) is 5.82 Å². The Kier molecular flexibility index (Phi) is 4.53. The molecule has 0 aliphatic carbocycles. The number of anilines is 2. The predicted octanol–water partition coefficient (Wildman–Crippen LogP) is 3.46. The lowest BCUT2D eigenvalue weighted by atomic mass is 10.3. The van der Waals surface area contributed by atoms with Crippen LogP contribution < -0.4 is 9.62 Å². The van der Waals surface area contributed by atoms with Gasteiger partial charge in [0.1, 0.15) is 10.7 Å². The quantitative estimate of drug-likeness (QED) is 0.893. The summed E-state index contributed by atoms with van der Waals surface area (Å²) < 4.78 is 41.0. The van der Waals surface area contributed by atoms with E-state index in [4.69, 9.17) is 0 Å². The highest BCUT2D eigenvalue weighted by Crippen LogP contribution is 2.23. The highest BCUT2D eigenvalue weighted by atomic mass is 79.9. The Morgan fingerprint density at radius 2 is 1.71 bits per heavy atom. The Balaban J connectivity index is 2.28. The monoisotopic (exact) mass is 372 g/mol. The zero-order chi connectivity index (χ0) is 15.6. The fraction of sp³-hybridized carbons (Fsp3) is 0.143. The molecule has 112 valence electrons. The molecule has 0 unspecified atom stereocenters. The highest BCUT2D eigenvalue weighted by molar-refractivity contribution is 9.10. The van der Waals surface area contributed by atoms with Gasteiger partial charge in [-0.05, 0) is 42.5 Å². The number of benzene rings is 2. The van der Waals surface area contributed by atoms with Crippen molar-refractivity contribution in [2.24, 2.45) is 0 Å². The summed E-state index contributed by atoms with van der Waals surface area (Å²) in [4.78, 5) is 1.51. The molecule has 0 aliphatic heterocycles. The molecule has 0 saturated heterocycles. The van der Waals surface area contributed by atoms with E-state index in [-0.39, 0.29) is 4.90 Å². The number of nitrogens with one attached hydrogen (secondary N) is 1. The lowest BCUT2D eigenvalue weighted by Crippen LogP contribution is -2.15. The molecule has 0 fully saturated rings. The molecule has 2 aromatic rings. The maximum Gasteiger partial charge on any atom is 0.264 e. The average Bonchev–Trinajstić information content (AvgIpc) is 2.38. The Labute approximate surface area is 131 Å². The van der Waals surface area contributed by atoms with Gasteiger partial charge in [0.05, 0.1) is 0 Å². The third-order valence-electron chi connectivity index (χ3n) is 2.82. The van der Waals surface area contributed by atoms with Gasteiger partial charge in [-0.3, -0.25) is 4.72 Å². The summed E-state index contributed by atoms with van der Waals surface area (Å²) in [5.41, 5.74) is 1.32. The van der Waals surface area contributed by atoms with Gasteiger partial charge in [-0.2, -0.15) is 0 Å². The van der Waals surface area contributed by atoms with Crippen LogP contribution in [0.5, 0.6) is 0 Å². The largest absolute Gasteiger partial charge is 0.378 e. The summed E-state index contributed by atoms with van der Waals surface area (Å²) in [5.74, 6) is -0.804. The van der Waals surface area contributed by atoms with Crippen molar-refractivity contribution in [1.29, 1.82) is 0 Å². The third kappa shape index (κ3) is 3.74. The van der Waals surface area contributed by atoms with Crippen LogP contribution in [0.2, 0.25) is 0 Å². The van der Waals surface area contributed by atoms with Gasteiger partial charge in [0.15, 0.2) is 0 Å². The Morgan fingerprint density at radius 3 is 2.24 bits per heavy atom. The second-order valence-electron chi connectivity index (χ2n) is 4.62. The molecule has 2 rings (SSSR count). The SMILES string of the molecule is CN(C)c1ccc(NS(=O)(=O)c2ccc(Br)cc2F)cc1.